The average Bonchev–Trinajstić information content (AvgIpc) is 3.16. The largest absolute Gasteiger partial charge is 0.273 e. The van der Waals surface area contributed by atoms with Gasteiger partial charge < -0.3 is 0 Å². The molecular weight excluding hydrogens is 370 g/mol. The number of hydrazine groups is 1. The van der Waals surface area contributed by atoms with Crippen molar-refractivity contribution in [3.05, 3.63) is 81.9 Å². The molecule has 1 aliphatic heterocycles. The Hall–Kier alpha value is -2.99. The van der Waals surface area contributed by atoms with Crippen LogP contribution in [0.25, 0.3) is 0 Å². The number of benzene rings is 2. The van der Waals surface area contributed by atoms with Gasteiger partial charge in [-0.3, -0.25) is 15.0 Å². The molecule has 0 radical (unpaired) electrons. The van der Waals surface area contributed by atoms with Crippen LogP contribution in [0.2, 0.25) is 0 Å². The van der Waals surface area contributed by atoms with Crippen LogP contribution in [0.1, 0.15) is 39.8 Å². The Morgan fingerprint density at radius 2 is 1.43 bits per heavy atom. The monoisotopic (exact) mass is 387 g/mol. The standard InChI is InChI=1S/C22H17N3O2S/c1-11-10-28-22(23-11)25-21(27)19-17-14-8-4-2-6-12(14)16(18(19)20(26)24-25)13-7-3-5-9-15(13)17/h2-10,16-19H,1H3,(H,24,26). The molecule has 2 heterocycles. The lowest BCUT2D eigenvalue weighted by Gasteiger charge is -2.52. The Bertz CT molecular complexity index is 1110. The van der Waals surface area contributed by atoms with Gasteiger partial charge in [-0.1, -0.05) is 48.5 Å². The maximum atomic E-state index is 13.6. The highest BCUT2D eigenvalue weighted by atomic mass is 32.1. The van der Waals surface area contributed by atoms with Crippen molar-refractivity contribution in [2.24, 2.45) is 11.8 Å². The third-order valence-corrected chi connectivity index (χ3v) is 7.21. The molecule has 2 bridgehead atoms. The number of aromatic nitrogens is 1. The van der Waals surface area contributed by atoms with Crippen molar-refractivity contribution >= 4 is 28.3 Å². The highest BCUT2D eigenvalue weighted by Crippen LogP contribution is 2.59. The Labute approximate surface area is 166 Å². The van der Waals surface area contributed by atoms with E-state index >= 15 is 0 Å². The summed E-state index contributed by atoms with van der Waals surface area (Å²) in [6, 6.07) is 16.5. The molecule has 1 aromatic heterocycles. The van der Waals surface area contributed by atoms with Crippen LogP contribution in [0.5, 0.6) is 0 Å². The molecule has 2 atom stereocenters. The first kappa shape index (κ1) is 16.0. The lowest BCUT2D eigenvalue weighted by atomic mass is 9.53. The van der Waals surface area contributed by atoms with Crippen LogP contribution in [-0.2, 0) is 9.59 Å². The zero-order valence-electron chi connectivity index (χ0n) is 15.1. The van der Waals surface area contributed by atoms with Gasteiger partial charge in [-0.25, -0.2) is 4.98 Å². The van der Waals surface area contributed by atoms with Crippen molar-refractivity contribution in [1.29, 1.82) is 0 Å². The van der Waals surface area contributed by atoms with E-state index in [1.54, 1.807) is 0 Å². The number of carbonyl (C=O) groups is 2. The minimum absolute atomic E-state index is 0.0713. The molecule has 1 saturated heterocycles. The van der Waals surface area contributed by atoms with Crippen LogP contribution in [0.3, 0.4) is 0 Å². The Morgan fingerprint density at radius 1 is 0.893 bits per heavy atom. The summed E-state index contributed by atoms with van der Waals surface area (Å²) in [5.41, 5.74) is 8.37. The van der Waals surface area contributed by atoms with Crippen molar-refractivity contribution < 1.29 is 9.59 Å². The fourth-order valence-corrected chi connectivity index (χ4v) is 6.03. The van der Waals surface area contributed by atoms with Crippen molar-refractivity contribution in [3.8, 4) is 0 Å². The molecule has 7 rings (SSSR count). The quantitative estimate of drug-likeness (QED) is 0.697. The Morgan fingerprint density at radius 3 is 1.93 bits per heavy atom. The van der Waals surface area contributed by atoms with Gasteiger partial charge >= 0.3 is 0 Å². The molecule has 3 aliphatic carbocycles. The molecule has 0 saturated carbocycles. The van der Waals surface area contributed by atoms with Gasteiger partial charge in [0, 0.05) is 17.2 Å². The molecule has 2 aromatic carbocycles. The van der Waals surface area contributed by atoms with Gasteiger partial charge in [-0.15, -0.1) is 11.3 Å². The molecule has 1 N–H and O–H groups in total. The number of hydrogen-bond donors (Lipinski definition) is 1. The number of hydrogen-bond acceptors (Lipinski definition) is 4. The number of nitrogens with one attached hydrogen (secondary N) is 1. The average molecular weight is 387 g/mol. The summed E-state index contributed by atoms with van der Waals surface area (Å²) in [5, 5.41) is 3.78. The first-order valence-electron chi connectivity index (χ1n) is 9.39. The molecule has 3 aromatic rings. The highest BCUT2D eigenvalue weighted by molar-refractivity contribution is 7.14. The number of anilines is 1. The predicted octanol–water partition coefficient (Wildman–Crippen LogP) is 3.35. The Balaban J connectivity index is 1.56. The summed E-state index contributed by atoms with van der Waals surface area (Å²) in [4.78, 5) is 31.3. The van der Waals surface area contributed by atoms with E-state index in [0.29, 0.717) is 5.13 Å². The molecule has 5 nitrogen and oxygen atoms in total. The van der Waals surface area contributed by atoms with Crippen LogP contribution >= 0.6 is 11.3 Å². The van der Waals surface area contributed by atoms with E-state index in [2.05, 4.69) is 34.7 Å². The van der Waals surface area contributed by atoms with Crippen LogP contribution in [0.4, 0.5) is 5.13 Å². The summed E-state index contributed by atoms with van der Waals surface area (Å²) in [6.07, 6.45) is 0. The van der Waals surface area contributed by atoms with Crippen LogP contribution < -0.4 is 10.4 Å². The van der Waals surface area contributed by atoms with Crippen molar-refractivity contribution in [2.75, 3.05) is 5.01 Å². The minimum atomic E-state index is -0.409. The Kier molecular flexibility index (Phi) is 3.15. The second-order valence-corrected chi connectivity index (χ2v) is 8.52. The first-order chi connectivity index (χ1) is 13.6. The number of rotatable bonds is 1. The zero-order valence-corrected chi connectivity index (χ0v) is 15.9. The summed E-state index contributed by atoms with van der Waals surface area (Å²) in [5.74, 6) is -1.17. The molecule has 1 fully saturated rings. The van der Waals surface area contributed by atoms with Gasteiger partial charge in [-0.2, -0.15) is 5.01 Å². The fourth-order valence-electron chi connectivity index (χ4n) is 5.26. The normalized spacial score (nSPS) is 27.1. The number of thiazole rings is 1. The maximum absolute atomic E-state index is 13.6. The number of carbonyl (C=O) groups excluding carboxylic acids is 2. The topological polar surface area (TPSA) is 62.3 Å². The molecule has 6 heteroatoms. The van der Waals surface area contributed by atoms with Gasteiger partial charge in [0.1, 0.15) is 0 Å². The number of amides is 2. The molecule has 2 unspecified atom stereocenters. The summed E-state index contributed by atoms with van der Waals surface area (Å²) < 4.78 is 0. The van der Waals surface area contributed by atoms with Gasteiger partial charge in [0.15, 0.2) is 0 Å². The summed E-state index contributed by atoms with van der Waals surface area (Å²) >= 11 is 1.37. The number of nitrogens with zero attached hydrogens (tertiary/aromatic N) is 2. The molecule has 4 aliphatic rings. The van der Waals surface area contributed by atoms with E-state index in [0.717, 1.165) is 5.69 Å². The van der Waals surface area contributed by atoms with Gasteiger partial charge in [-0.05, 0) is 29.2 Å². The third kappa shape index (κ3) is 1.93. The van der Waals surface area contributed by atoms with E-state index in [1.807, 2.05) is 36.6 Å². The fraction of sp³-hybridized carbons (Fsp3) is 0.227. The molecule has 138 valence electrons. The van der Waals surface area contributed by atoms with Gasteiger partial charge in [0.2, 0.25) is 11.0 Å². The first-order valence-corrected chi connectivity index (χ1v) is 10.3. The van der Waals surface area contributed by atoms with E-state index in [1.165, 1.54) is 38.6 Å². The van der Waals surface area contributed by atoms with Crippen molar-refractivity contribution in [3.63, 3.8) is 0 Å². The second kappa shape index (κ2) is 5.52. The van der Waals surface area contributed by atoms with Crippen molar-refractivity contribution in [2.45, 2.75) is 18.8 Å². The van der Waals surface area contributed by atoms with E-state index in [-0.39, 0.29) is 29.6 Å². The van der Waals surface area contributed by atoms with E-state index < -0.39 is 5.92 Å². The highest BCUT2D eigenvalue weighted by Gasteiger charge is 2.58. The van der Waals surface area contributed by atoms with Crippen LogP contribution in [0, 0.1) is 18.8 Å². The second-order valence-electron chi connectivity index (χ2n) is 7.69. The summed E-state index contributed by atoms with van der Waals surface area (Å²) in [7, 11) is 0. The lowest BCUT2D eigenvalue weighted by Crippen LogP contribution is -2.64. The lowest BCUT2D eigenvalue weighted by molar-refractivity contribution is -0.142. The van der Waals surface area contributed by atoms with Crippen LogP contribution in [0.15, 0.2) is 53.9 Å². The van der Waals surface area contributed by atoms with Gasteiger partial charge in [0.25, 0.3) is 5.91 Å². The predicted molar refractivity (Wildman–Crippen MR) is 106 cm³/mol. The smallest absolute Gasteiger partial charge is 0.252 e. The number of aryl methyl sites for hydroxylation is 1. The van der Waals surface area contributed by atoms with Crippen LogP contribution in [-0.4, -0.2) is 16.8 Å². The molecule has 28 heavy (non-hydrogen) atoms. The minimum Gasteiger partial charge on any atom is -0.273 e. The van der Waals surface area contributed by atoms with Crippen molar-refractivity contribution in [1.82, 2.24) is 10.4 Å². The van der Waals surface area contributed by atoms with E-state index in [4.69, 9.17) is 0 Å². The van der Waals surface area contributed by atoms with Gasteiger partial charge in [0.05, 0.1) is 17.5 Å². The molecule has 0 spiro atoms. The molecule has 2 amide bonds. The summed E-state index contributed by atoms with van der Waals surface area (Å²) in [6.45, 7) is 1.88. The zero-order chi connectivity index (χ0) is 19.0. The molecular formula is C22H17N3O2S. The SMILES string of the molecule is Cc1csc(N2NC(=O)C3C4c5ccccc5C(c5ccccc54)C3C2=O)n1. The third-order valence-electron chi connectivity index (χ3n) is 6.27. The maximum Gasteiger partial charge on any atom is 0.252 e. The van der Waals surface area contributed by atoms with E-state index in [9.17, 15) is 9.59 Å².